The smallest absolute Gasteiger partial charge is 0.191 e. The number of guanidine groups is 1. The molecule has 0 radical (unpaired) electrons. The molecule has 5 heteroatoms. The Bertz CT molecular complexity index is 169. The fraction of sp³-hybridized carbons (Fsp3) is 0.857. The predicted molar refractivity (Wildman–Crippen MR) is 48.0 cm³/mol. The van der Waals surface area contributed by atoms with Gasteiger partial charge in [-0.2, -0.15) is 0 Å². The first-order chi connectivity index (χ1) is 5.70. The Morgan fingerprint density at radius 1 is 1.83 bits per heavy atom. The number of hydrogen-bond acceptors (Lipinski definition) is 5. The molecular formula is C7H16N4O. The van der Waals surface area contributed by atoms with E-state index in [1.165, 1.54) is 0 Å². The van der Waals surface area contributed by atoms with Crippen molar-refractivity contribution in [2.45, 2.75) is 19.1 Å². The zero-order valence-corrected chi connectivity index (χ0v) is 7.25. The van der Waals surface area contributed by atoms with Crippen molar-refractivity contribution in [2.24, 2.45) is 10.7 Å². The summed E-state index contributed by atoms with van der Waals surface area (Å²) < 4.78 is 0. The minimum absolute atomic E-state index is 0.241. The van der Waals surface area contributed by atoms with E-state index in [1.54, 1.807) is 6.92 Å². The molecule has 1 heterocycles. The van der Waals surface area contributed by atoms with Crippen molar-refractivity contribution in [1.82, 2.24) is 10.6 Å². The van der Waals surface area contributed by atoms with Gasteiger partial charge in [-0.05, 0) is 6.92 Å². The first-order valence-corrected chi connectivity index (χ1v) is 4.16. The van der Waals surface area contributed by atoms with Crippen LogP contribution in [0.25, 0.3) is 0 Å². The summed E-state index contributed by atoms with van der Waals surface area (Å²) in [6.07, 6.45) is -0.487. The molecule has 5 nitrogen and oxygen atoms in total. The van der Waals surface area contributed by atoms with Crippen molar-refractivity contribution >= 4 is 5.96 Å². The van der Waals surface area contributed by atoms with Crippen LogP contribution >= 0.6 is 0 Å². The first kappa shape index (κ1) is 9.28. The largest absolute Gasteiger partial charge is 0.392 e. The number of hydrogen-bond donors (Lipinski definition) is 4. The molecule has 0 aromatic carbocycles. The summed E-state index contributed by atoms with van der Waals surface area (Å²) in [7, 11) is 0. The summed E-state index contributed by atoms with van der Waals surface area (Å²) in [5.41, 5.74) is 5.60. The van der Waals surface area contributed by atoms with Crippen LogP contribution in [-0.2, 0) is 0 Å². The number of aliphatic hydroxyl groups excluding tert-OH is 1. The van der Waals surface area contributed by atoms with E-state index in [4.69, 9.17) is 10.8 Å². The molecule has 0 aromatic heterocycles. The van der Waals surface area contributed by atoms with E-state index in [0.29, 0.717) is 6.54 Å². The fourth-order valence-electron chi connectivity index (χ4n) is 0.901. The van der Waals surface area contributed by atoms with Gasteiger partial charge < -0.3 is 21.5 Å². The minimum atomic E-state index is -0.487. The summed E-state index contributed by atoms with van der Waals surface area (Å²) in [5, 5.41) is 15.1. The van der Waals surface area contributed by atoms with E-state index in [9.17, 15) is 0 Å². The number of nitrogens with zero attached hydrogens (tertiary/aromatic N) is 1. The van der Waals surface area contributed by atoms with Gasteiger partial charge in [0.15, 0.2) is 5.96 Å². The molecule has 0 bridgehead atoms. The highest BCUT2D eigenvalue weighted by Crippen LogP contribution is 1.87. The van der Waals surface area contributed by atoms with Crippen LogP contribution in [0.1, 0.15) is 6.92 Å². The summed E-state index contributed by atoms with van der Waals surface area (Å²) in [4.78, 5) is 4.12. The number of rotatable bonds is 3. The molecule has 70 valence electrons. The zero-order valence-electron chi connectivity index (χ0n) is 7.25. The lowest BCUT2D eigenvalue weighted by Gasteiger charge is -2.15. The summed E-state index contributed by atoms with van der Waals surface area (Å²) >= 11 is 0. The van der Waals surface area contributed by atoms with Crippen LogP contribution in [0.5, 0.6) is 0 Å². The van der Waals surface area contributed by atoms with Crippen LogP contribution in [-0.4, -0.2) is 42.8 Å². The highest BCUT2D eigenvalue weighted by atomic mass is 16.3. The molecule has 0 fully saturated rings. The molecule has 1 aliphatic heterocycles. The second-order valence-corrected chi connectivity index (χ2v) is 2.94. The lowest BCUT2D eigenvalue weighted by atomic mass is 10.2. The second-order valence-electron chi connectivity index (χ2n) is 2.94. The fourth-order valence-corrected chi connectivity index (χ4v) is 0.901. The third-order valence-electron chi connectivity index (χ3n) is 1.80. The summed E-state index contributed by atoms with van der Waals surface area (Å²) in [6.45, 7) is 3.91. The van der Waals surface area contributed by atoms with Gasteiger partial charge in [0.05, 0.1) is 12.6 Å². The topological polar surface area (TPSA) is 82.7 Å². The van der Waals surface area contributed by atoms with Gasteiger partial charge in [-0.1, -0.05) is 0 Å². The molecule has 5 N–H and O–H groups in total. The van der Waals surface area contributed by atoms with Crippen LogP contribution in [0, 0.1) is 0 Å². The number of aliphatic hydroxyl groups is 1. The highest BCUT2D eigenvalue weighted by molar-refractivity contribution is 5.81. The van der Waals surface area contributed by atoms with Gasteiger partial charge in [0, 0.05) is 19.1 Å². The van der Waals surface area contributed by atoms with Crippen LogP contribution < -0.4 is 16.4 Å². The van der Waals surface area contributed by atoms with Crippen molar-refractivity contribution in [1.29, 1.82) is 0 Å². The number of nitrogens with one attached hydrogen (secondary N) is 2. The van der Waals surface area contributed by atoms with Gasteiger partial charge in [0.2, 0.25) is 0 Å². The molecule has 1 aliphatic rings. The standard InChI is InChI=1S/C7H16N4O/c1-5(12)6(8)4-11-7-9-2-3-10-7/h5-6,12H,2-4,8H2,1H3,(H2,9,10,11). The normalized spacial score (nSPS) is 21.1. The van der Waals surface area contributed by atoms with Crippen molar-refractivity contribution in [3.63, 3.8) is 0 Å². The van der Waals surface area contributed by atoms with Crippen LogP contribution in [0.4, 0.5) is 0 Å². The van der Waals surface area contributed by atoms with Crippen molar-refractivity contribution in [3.05, 3.63) is 0 Å². The molecular weight excluding hydrogens is 156 g/mol. The first-order valence-electron chi connectivity index (χ1n) is 4.16. The molecule has 0 spiro atoms. The molecule has 0 saturated heterocycles. The molecule has 2 unspecified atom stereocenters. The quantitative estimate of drug-likeness (QED) is 0.406. The highest BCUT2D eigenvalue weighted by Gasteiger charge is 2.10. The molecule has 0 aliphatic carbocycles. The van der Waals surface area contributed by atoms with Crippen molar-refractivity contribution in [3.8, 4) is 0 Å². The van der Waals surface area contributed by atoms with E-state index >= 15 is 0 Å². The monoisotopic (exact) mass is 172 g/mol. The third-order valence-corrected chi connectivity index (χ3v) is 1.80. The average molecular weight is 172 g/mol. The van der Waals surface area contributed by atoms with Gasteiger partial charge in [0.1, 0.15) is 0 Å². The Morgan fingerprint density at radius 2 is 2.58 bits per heavy atom. The Kier molecular flexibility index (Phi) is 3.31. The summed E-state index contributed by atoms with van der Waals surface area (Å²) in [5.74, 6) is 0.783. The zero-order chi connectivity index (χ0) is 8.97. The summed E-state index contributed by atoms with van der Waals surface area (Å²) in [6, 6.07) is -0.241. The van der Waals surface area contributed by atoms with E-state index in [2.05, 4.69) is 15.6 Å². The number of nitrogens with two attached hydrogens (primary N) is 1. The molecule has 0 amide bonds. The van der Waals surface area contributed by atoms with Crippen molar-refractivity contribution < 1.29 is 5.11 Å². The lowest BCUT2D eigenvalue weighted by Crippen LogP contribution is -2.46. The van der Waals surface area contributed by atoms with Crippen LogP contribution in [0.3, 0.4) is 0 Å². The Labute approximate surface area is 72.1 Å². The Hall–Kier alpha value is -0.810. The Morgan fingerprint density at radius 3 is 3.08 bits per heavy atom. The van der Waals surface area contributed by atoms with Gasteiger partial charge in [-0.25, -0.2) is 0 Å². The lowest BCUT2D eigenvalue weighted by molar-refractivity contribution is 0.164. The predicted octanol–water partition coefficient (Wildman–Crippen LogP) is -1.76. The Balaban J connectivity index is 2.16. The van der Waals surface area contributed by atoms with E-state index in [0.717, 1.165) is 19.0 Å². The van der Waals surface area contributed by atoms with Gasteiger partial charge in [0.25, 0.3) is 0 Å². The third kappa shape index (κ3) is 2.67. The molecule has 0 saturated carbocycles. The maximum atomic E-state index is 9.07. The van der Waals surface area contributed by atoms with Gasteiger partial charge >= 0.3 is 0 Å². The molecule has 1 rings (SSSR count). The van der Waals surface area contributed by atoms with Gasteiger partial charge in [-0.3, -0.25) is 4.99 Å². The van der Waals surface area contributed by atoms with Crippen molar-refractivity contribution in [2.75, 3.05) is 19.6 Å². The van der Waals surface area contributed by atoms with Crippen LogP contribution in [0.15, 0.2) is 4.99 Å². The van der Waals surface area contributed by atoms with E-state index < -0.39 is 6.10 Å². The SMILES string of the molecule is CC(O)C(N)CNC1=NCCN1. The maximum absolute atomic E-state index is 9.07. The average Bonchev–Trinajstić information content (AvgIpc) is 2.51. The van der Waals surface area contributed by atoms with E-state index in [-0.39, 0.29) is 6.04 Å². The number of aliphatic imine (C=N–C) groups is 1. The van der Waals surface area contributed by atoms with Crippen LogP contribution in [0.2, 0.25) is 0 Å². The molecule has 2 atom stereocenters. The maximum Gasteiger partial charge on any atom is 0.191 e. The molecule has 0 aromatic rings. The van der Waals surface area contributed by atoms with Gasteiger partial charge in [-0.15, -0.1) is 0 Å². The minimum Gasteiger partial charge on any atom is -0.392 e. The molecule has 12 heavy (non-hydrogen) atoms. The van der Waals surface area contributed by atoms with E-state index in [1.807, 2.05) is 0 Å². The second kappa shape index (κ2) is 4.27.